The summed E-state index contributed by atoms with van der Waals surface area (Å²) in [6, 6.07) is 8.13. The Balaban J connectivity index is 1.63. The fraction of sp³-hybridized carbons (Fsp3) is 0.333. The third-order valence-corrected chi connectivity index (χ3v) is 5.06. The van der Waals surface area contributed by atoms with E-state index in [0.717, 1.165) is 43.1 Å². The molecule has 4 rings (SSSR count). The summed E-state index contributed by atoms with van der Waals surface area (Å²) in [5.41, 5.74) is 4.60. The van der Waals surface area contributed by atoms with E-state index in [-0.39, 0.29) is 0 Å². The highest BCUT2D eigenvalue weighted by atomic mass is 32.1. The van der Waals surface area contributed by atoms with Gasteiger partial charge >= 0.3 is 0 Å². The smallest absolute Gasteiger partial charge is 0.128 e. The van der Waals surface area contributed by atoms with Crippen LogP contribution in [0.3, 0.4) is 0 Å². The highest BCUT2D eigenvalue weighted by molar-refractivity contribution is 7.09. The Labute approximate surface area is 145 Å². The number of H-pyrrole nitrogens is 1. The van der Waals surface area contributed by atoms with Crippen molar-refractivity contribution >= 4 is 11.3 Å². The van der Waals surface area contributed by atoms with Gasteiger partial charge in [0, 0.05) is 47.9 Å². The van der Waals surface area contributed by atoms with Crippen molar-refractivity contribution in [3.05, 3.63) is 52.1 Å². The molecule has 0 saturated carbocycles. The number of thiazole rings is 1. The van der Waals surface area contributed by atoms with Crippen LogP contribution >= 0.6 is 11.3 Å². The Morgan fingerprint density at radius 1 is 1.33 bits per heavy atom. The number of aromatic amines is 1. The molecule has 0 aliphatic carbocycles. The highest BCUT2D eigenvalue weighted by Crippen LogP contribution is 2.34. The average molecular weight is 340 g/mol. The van der Waals surface area contributed by atoms with Gasteiger partial charge in [-0.1, -0.05) is 12.1 Å². The van der Waals surface area contributed by atoms with Crippen LogP contribution in [-0.4, -0.2) is 33.2 Å². The molecule has 2 aromatic heterocycles. The maximum Gasteiger partial charge on any atom is 0.128 e. The monoisotopic (exact) mass is 340 g/mol. The van der Waals surface area contributed by atoms with Crippen molar-refractivity contribution in [1.82, 2.24) is 20.1 Å². The number of nitrogens with one attached hydrogen (secondary N) is 1. The molecule has 5 nitrogen and oxygen atoms in total. The summed E-state index contributed by atoms with van der Waals surface area (Å²) in [6.45, 7) is 5.48. The molecule has 0 bridgehead atoms. The van der Waals surface area contributed by atoms with Gasteiger partial charge in [-0.15, -0.1) is 11.3 Å². The fourth-order valence-corrected chi connectivity index (χ4v) is 3.83. The predicted octanol–water partition coefficient (Wildman–Crippen LogP) is 3.49. The molecule has 24 heavy (non-hydrogen) atoms. The molecule has 0 fully saturated rings. The van der Waals surface area contributed by atoms with E-state index in [1.807, 2.05) is 36.7 Å². The van der Waals surface area contributed by atoms with Gasteiger partial charge < -0.3 is 4.74 Å². The Hall–Kier alpha value is -2.18. The summed E-state index contributed by atoms with van der Waals surface area (Å²) < 4.78 is 5.79. The van der Waals surface area contributed by atoms with Crippen molar-refractivity contribution in [1.29, 1.82) is 0 Å². The van der Waals surface area contributed by atoms with Crippen LogP contribution in [0.25, 0.3) is 11.3 Å². The third-order valence-electron chi connectivity index (χ3n) is 4.30. The zero-order valence-electron chi connectivity index (χ0n) is 13.7. The summed E-state index contributed by atoms with van der Waals surface area (Å²) in [5, 5.41) is 11.0. The van der Waals surface area contributed by atoms with Gasteiger partial charge in [0.2, 0.25) is 0 Å². The van der Waals surface area contributed by atoms with E-state index in [9.17, 15) is 0 Å². The SMILES string of the molecule is CCOc1ccccc1-c1n[nH]c2c1CN(Cc1nccs1)CC2. The molecule has 3 heterocycles. The summed E-state index contributed by atoms with van der Waals surface area (Å²) >= 11 is 1.71. The molecule has 0 spiro atoms. The first-order chi connectivity index (χ1) is 11.8. The van der Waals surface area contributed by atoms with Gasteiger partial charge in [-0.2, -0.15) is 5.10 Å². The zero-order valence-corrected chi connectivity index (χ0v) is 14.5. The van der Waals surface area contributed by atoms with Gasteiger partial charge in [0.05, 0.1) is 13.2 Å². The Morgan fingerprint density at radius 3 is 3.08 bits per heavy atom. The van der Waals surface area contributed by atoms with Crippen molar-refractivity contribution in [2.75, 3.05) is 13.2 Å². The standard InChI is InChI=1S/C18H20N4OS/c1-2-23-16-6-4-3-5-13(16)18-14-11-22(9-7-15(14)20-21-18)12-17-19-8-10-24-17/h3-6,8,10H,2,7,9,11-12H2,1H3,(H,20,21). The molecule has 0 atom stereocenters. The minimum absolute atomic E-state index is 0.653. The molecule has 3 aromatic rings. The van der Waals surface area contributed by atoms with Gasteiger partial charge in [0.1, 0.15) is 16.5 Å². The van der Waals surface area contributed by atoms with Crippen molar-refractivity contribution < 1.29 is 4.74 Å². The lowest BCUT2D eigenvalue weighted by Gasteiger charge is -2.26. The number of hydrogen-bond donors (Lipinski definition) is 1. The van der Waals surface area contributed by atoms with Crippen LogP contribution in [0.5, 0.6) is 5.75 Å². The van der Waals surface area contributed by atoms with Crippen LogP contribution in [0.2, 0.25) is 0 Å². The van der Waals surface area contributed by atoms with Gasteiger partial charge in [0.15, 0.2) is 0 Å². The molecule has 0 unspecified atom stereocenters. The number of benzene rings is 1. The first-order valence-electron chi connectivity index (χ1n) is 8.24. The molecule has 1 aromatic carbocycles. The van der Waals surface area contributed by atoms with Crippen molar-refractivity contribution in [2.24, 2.45) is 0 Å². The van der Waals surface area contributed by atoms with Crippen LogP contribution in [0.4, 0.5) is 0 Å². The van der Waals surface area contributed by atoms with E-state index in [4.69, 9.17) is 4.74 Å². The minimum Gasteiger partial charge on any atom is -0.493 e. The molecular weight excluding hydrogens is 320 g/mol. The Kier molecular flexibility index (Phi) is 4.32. The fourth-order valence-electron chi connectivity index (χ4n) is 3.17. The van der Waals surface area contributed by atoms with E-state index in [0.29, 0.717) is 6.61 Å². The number of fused-ring (bicyclic) bond motifs is 1. The predicted molar refractivity (Wildman–Crippen MR) is 95.1 cm³/mol. The molecule has 1 aliphatic rings. The summed E-state index contributed by atoms with van der Waals surface area (Å²) in [5.74, 6) is 0.895. The van der Waals surface area contributed by atoms with Gasteiger partial charge in [-0.25, -0.2) is 4.98 Å². The number of hydrogen-bond acceptors (Lipinski definition) is 5. The van der Waals surface area contributed by atoms with Crippen LogP contribution in [-0.2, 0) is 19.5 Å². The first kappa shape index (κ1) is 15.4. The summed E-state index contributed by atoms with van der Waals surface area (Å²) in [6.07, 6.45) is 2.86. The average Bonchev–Trinajstić information content (AvgIpc) is 3.25. The van der Waals surface area contributed by atoms with Gasteiger partial charge in [-0.05, 0) is 19.1 Å². The van der Waals surface area contributed by atoms with Gasteiger partial charge in [-0.3, -0.25) is 10.00 Å². The van der Waals surface area contributed by atoms with E-state index in [2.05, 4.69) is 26.1 Å². The summed E-state index contributed by atoms with van der Waals surface area (Å²) in [4.78, 5) is 6.84. The second kappa shape index (κ2) is 6.75. The molecule has 6 heteroatoms. The molecule has 124 valence electrons. The largest absolute Gasteiger partial charge is 0.493 e. The molecule has 0 amide bonds. The van der Waals surface area contributed by atoms with Crippen LogP contribution < -0.4 is 4.74 Å². The zero-order chi connectivity index (χ0) is 16.4. The van der Waals surface area contributed by atoms with Crippen molar-refractivity contribution in [3.8, 4) is 17.0 Å². The second-order valence-corrected chi connectivity index (χ2v) is 6.82. The third kappa shape index (κ3) is 2.95. The van der Waals surface area contributed by atoms with Crippen LogP contribution in [0.15, 0.2) is 35.8 Å². The van der Waals surface area contributed by atoms with Gasteiger partial charge in [0.25, 0.3) is 0 Å². The van der Waals surface area contributed by atoms with Crippen LogP contribution in [0.1, 0.15) is 23.2 Å². The topological polar surface area (TPSA) is 54.0 Å². The number of ether oxygens (including phenoxy) is 1. The maximum atomic E-state index is 5.79. The Bertz CT molecular complexity index is 812. The van der Waals surface area contributed by atoms with E-state index < -0.39 is 0 Å². The van der Waals surface area contributed by atoms with E-state index >= 15 is 0 Å². The highest BCUT2D eigenvalue weighted by Gasteiger charge is 2.24. The molecule has 1 aliphatic heterocycles. The van der Waals surface area contributed by atoms with Crippen molar-refractivity contribution in [2.45, 2.75) is 26.4 Å². The quantitative estimate of drug-likeness (QED) is 0.772. The first-order valence-corrected chi connectivity index (χ1v) is 9.12. The lowest BCUT2D eigenvalue weighted by atomic mass is 10.0. The van der Waals surface area contributed by atoms with Crippen LogP contribution in [0, 0.1) is 0 Å². The van der Waals surface area contributed by atoms with E-state index in [1.165, 1.54) is 16.3 Å². The van der Waals surface area contributed by atoms with E-state index in [1.54, 1.807) is 11.3 Å². The minimum atomic E-state index is 0.653. The second-order valence-electron chi connectivity index (χ2n) is 5.84. The Morgan fingerprint density at radius 2 is 2.25 bits per heavy atom. The number of rotatable bonds is 5. The lowest BCUT2D eigenvalue weighted by molar-refractivity contribution is 0.244. The molecule has 1 N–H and O–H groups in total. The molecular formula is C18H20N4OS. The number of para-hydroxylation sites is 1. The maximum absolute atomic E-state index is 5.79. The number of aromatic nitrogens is 3. The lowest BCUT2D eigenvalue weighted by Crippen LogP contribution is -2.29. The van der Waals surface area contributed by atoms with Crippen molar-refractivity contribution in [3.63, 3.8) is 0 Å². The molecule has 0 saturated heterocycles. The normalized spacial score (nSPS) is 14.5. The number of nitrogens with zero attached hydrogens (tertiary/aromatic N) is 3. The summed E-state index contributed by atoms with van der Waals surface area (Å²) in [7, 11) is 0. The molecule has 0 radical (unpaired) electrons.